The van der Waals surface area contributed by atoms with Crippen molar-refractivity contribution in [1.29, 1.82) is 0 Å². The lowest BCUT2D eigenvalue weighted by molar-refractivity contribution is -0.107. The van der Waals surface area contributed by atoms with Gasteiger partial charge in [0.15, 0.2) is 0 Å². The highest BCUT2D eigenvalue weighted by molar-refractivity contribution is 5.48. The van der Waals surface area contributed by atoms with Crippen LogP contribution in [0.5, 0.6) is 0 Å². The van der Waals surface area contributed by atoms with Crippen molar-refractivity contribution in [1.82, 2.24) is 0 Å². The first kappa shape index (κ1) is 28.7. The average molecular weight is 409 g/mol. The van der Waals surface area contributed by atoms with Crippen LogP contribution < -0.4 is 0 Å². The number of hydrogen-bond acceptors (Lipinski definition) is 1. The maximum atomic E-state index is 10.3. The summed E-state index contributed by atoms with van der Waals surface area (Å²) in [5, 5.41) is 0. The fraction of sp³-hybridized carbons (Fsp3) is 0.964. The molecule has 0 saturated heterocycles. The van der Waals surface area contributed by atoms with E-state index in [1.807, 2.05) is 0 Å². The summed E-state index contributed by atoms with van der Waals surface area (Å²) in [6.07, 6.45) is 34.4. The first-order valence-electron chi connectivity index (χ1n) is 13.7. The van der Waals surface area contributed by atoms with E-state index in [0.29, 0.717) is 0 Å². The van der Waals surface area contributed by atoms with Gasteiger partial charge in [0.2, 0.25) is 0 Å². The molecule has 1 atom stereocenters. The molecular weight excluding hydrogens is 352 g/mol. The van der Waals surface area contributed by atoms with Gasteiger partial charge in [0.1, 0.15) is 6.29 Å². The van der Waals surface area contributed by atoms with Crippen molar-refractivity contribution in [2.75, 3.05) is 0 Å². The van der Waals surface area contributed by atoms with Gasteiger partial charge in [-0.25, -0.2) is 0 Å². The summed E-state index contributed by atoms with van der Waals surface area (Å²) in [4.78, 5) is 10.3. The van der Waals surface area contributed by atoms with Crippen molar-refractivity contribution in [2.24, 2.45) is 5.92 Å². The standard InChI is InChI=1S/C28H56O/c1-3-4-5-6-7-8-9-10-13-16-19-22-25-28(2)26-23-20-17-14-11-12-15-18-21-24-27-29/h27-28H,3-26H2,1-2H3/t28-/m0/s1. The molecule has 0 heterocycles. The van der Waals surface area contributed by atoms with Gasteiger partial charge in [0.05, 0.1) is 0 Å². The van der Waals surface area contributed by atoms with E-state index in [4.69, 9.17) is 0 Å². The normalized spacial score (nSPS) is 12.3. The molecule has 0 fully saturated rings. The molecule has 0 aliphatic carbocycles. The van der Waals surface area contributed by atoms with E-state index < -0.39 is 0 Å². The van der Waals surface area contributed by atoms with Crippen LogP contribution in [0, 0.1) is 5.92 Å². The molecule has 0 radical (unpaired) electrons. The van der Waals surface area contributed by atoms with E-state index in [-0.39, 0.29) is 0 Å². The lowest BCUT2D eigenvalue weighted by Crippen LogP contribution is -1.95. The Hall–Kier alpha value is -0.330. The highest BCUT2D eigenvalue weighted by atomic mass is 16.1. The second-order valence-electron chi connectivity index (χ2n) is 9.71. The Bertz CT molecular complexity index is 299. The van der Waals surface area contributed by atoms with E-state index in [0.717, 1.165) is 25.0 Å². The summed E-state index contributed by atoms with van der Waals surface area (Å²) in [7, 11) is 0. The zero-order valence-electron chi connectivity index (χ0n) is 20.5. The largest absolute Gasteiger partial charge is 0.303 e. The van der Waals surface area contributed by atoms with Gasteiger partial charge in [-0.05, 0) is 12.3 Å². The van der Waals surface area contributed by atoms with Crippen LogP contribution in [0.3, 0.4) is 0 Å². The van der Waals surface area contributed by atoms with Gasteiger partial charge in [0.25, 0.3) is 0 Å². The average Bonchev–Trinajstić information content (AvgIpc) is 2.72. The lowest BCUT2D eigenvalue weighted by Gasteiger charge is -2.11. The molecule has 0 bridgehead atoms. The third-order valence-corrected chi connectivity index (χ3v) is 6.57. The van der Waals surface area contributed by atoms with Crippen LogP contribution in [0.15, 0.2) is 0 Å². The summed E-state index contributed by atoms with van der Waals surface area (Å²) < 4.78 is 0. The summed E-state index contributed by atoms with van der Waals surface area (Å²) in [6, 6.07) is 0. The van der Waals surface area contributed by atoms with Gasteiger partial charge in [-0.15, -0.1) is 0 Å². The monoisotopic (exact) mass is 408 g/mol. The number of rotatable bonds is 25. The van der Waals surface area contributed by atoms with Crippen molar-refractivity contribution in [3.8, 4) is 0 Å². The third-order valence-electron chi connectivity index (χ3n) is 6.57. The minimum Gasteiger partial charge on any atom is -0.303 e. The van der Waals surface area contributed by atoms with Crippen LogP contribution in [0.4, 0.5) is 0 Å². The fourth-order valence-electron chi connectivity index (χ4n) is 4.44. The number of carbonyl (C=O) groups is 1. The topological polar surface area (TPSA) is 17.1 Å². The Labute approximate surface area is 185 Å². The van der Waals surface area contributed by atoms with Crippen molar-refractivity contribution in [3.05, 3.63) is 0 Å². The van der Waals surface area contributed by atoms with Gasteiger partial charge in [0, 0.05) is 6.42 Å². The smallest absolute Gasteiger partial charge is 0.119 e. The first-order valence-corrected chi connectivity index (χ1v) is 13.7. The Balaban J connectivity index is 3.13. The number of unbranched alkanes of at least 4 members (excludes halogenated alkanes) is 20. The van der Waals surface area contributed by atoms with Crippen LogP contribution in [0.25, 0.3) is 0 Å². The molecule has 0 aromatic heterocycles. The summed E-state index contributed by atoms with van der Waals surface area (Å²) in [6.45, 7) is 4.77. The quantitative estimate of drug-likeness (QED) is 0.108. The molecule has 0 N–H and O–H groups in total. The molecule has 0 unspecified atom stereocenters. The molecule has 0 aromatic carbocycles. The molecule has 0 aromatic rings. The Kier molecular flexibility index (Phi) is 25.4. The van der Waals surface area contributed by atoms with Crippen LogP contribution in [-0.2, 0) is 4.79 Å². The number of hydrogen-bond donors (Lipinski definition) is 0. The van der Waals surface area contributed by atoms with E-state index in [2.05, 4.69) is 13.8 Å². The van der Waals surface area contributed by atoms with Crippen molar-refractivity contribution in [2.45, 2.75) is 168 Å². The van der Waals surface area contributed by atoms with Crippen LogP contribution >= 0.6 is 0 Å². The molecule has 0 rings (SSSR count). The van der Waals surface area contributed by atoms with E-state index in [9.17, 15) is 4.79 Å². The molecule has 1 heteroatoms. The zero-order valence-corrected chi connectivity index (χ0v) is 20.5. The molecule has 0 aliphatic rings. The third kappa shape index (κ3) is 25.6. The van der Waals surface area contributed by atoms with Crippen LogP contribution in [0.2, 0.25) is 0 Å². The van der Waals surface area contributed by atoms with E-state index >= 15 is 0 Å². The van der Waals surface area contributed by atoms with Crippen LogP contribution in [0.1, 0.15) is 168 Å². The number of aldehydes is 1. The van der Waals surface area contributed by atoms with Gasteiger partial charge in [-0.1, -0.05) is 155 Å². The number of carbonyl (C=O) groups excluding carboxylic acids is 1. The summed E-state index contributed by atoms with van der Waals surface area (Å²) in [5.74, 6) is 0.941. The van der Waals surface area contributed by atoms with Crippen molar-refractivity contribution < 1.29 is 4.79 Å². The predicted octanol–water partition coefficient (Wildman–Crippen LogP) is 10.2. The van der Waals surface area contributed by atoms with Crippen molar-refractivity contribution >= 4 is 6.29 Å². The minimum absolute atomic E-state index is 0.761. The molecule has 29 heavy (non-hydrogen) atoms. The van der Waals surface area contributed by atoms with Gasteiger partial charge in [-0.3, -0.25) is 0 Å². The maximum absolute atomic E-state index is 10.3. The summed E-state index contributed by atoms with van der Waals surface area (Å²) in [5.41, 5.74) is 0. The fourth-order valence-corrected chi connectivity index (χ4v) is 4.44. The Morgan fingerprint density at radius 2 is 0.793 bits per heavy atom. The SMILES string of the molecule is CCCCCCCCCCCCCC[C@H](C)CCCCCCCCCCCC=O. The summed E-state index contributed by atoms with van der Waals surface area (Å²) >= 11 is 0. The highest BCUT2D eigenvalue weighted by Crippen LogP contribution is 2.19. The van der Waals surface area contributed by atoms with E-state index in [1.165, 1.54) is 141 Å². The predicted molar refractivity (Wildman–Crippen MR) is 132 cm³/mol. The Morgan fingerprint density at radius 1 is 0.483 bits per heavy atom. The second kappa shape index (κ2) is 25.7. The molecule has 0 amide bonds. The zero-order chi connectivity index (χ0) is 21.3. The molecular formula is C28H56O. The van der Waals surface area contributed by atoms with E-state index in [1.54, 1.807) is 0 Å². The second-order valence-corrected chi connectivity index (χ2v) is 9.71. The maximum Gasteiger partial charge on any atom is 0.119 e. The molecule has 0 spiro atoms. The first-order chi connectivity index (χ1) is 14.3. The molecule has 1 nitrogen and oxygen atoms in total. The van der Waals surface area contributed by atoms with Gasteiger partial charge >= 0.3 is 0 Å². The minimum atomic E-state index is 0.761. The van der Waals surface area contributed by atoms with Crippen molar-refractivity contribution in [3.63, 3.8) is 0 Å². The Morgan fingerprint density at radius 3 is 1.14 bits per heavy atom. The molecule has 174 valence electrons. The molecule has 0 saturated carbocycles. The molecule has 0 aliphatic heterocycles. The highest BCUT2D eigenvalue weighted by Gasteiger charge is 2.02. The van der Waals surface area contributed by atoms with Gasteiger partial charge in [-0.2, -0.15) is 0 Å². The lowest BCUT2D eigenvalue weighted by atomic mass is 9.95. The van der Waals surface area contributed by atoms with Gasteiger partial charge < -0.3 is 4.79 Å². The van der Waals surface area contributed by atoms with Crippen LogP contribution in [-0.4, -0.2) is 6.29 Å².